The standard InChI is InChI=1S/C42H68IN7O7S2/c1-27(2)32(48(10)40(55)35(41(4,5)6)45-38(53)34(44-9)42(7,8)31-15-13-12-14-16-31)25-28(3)36(51)47-59(56,57)24-23-58-33-21-22-50(39(33)54)26-29-17-19-30(20-18-29)37(52)46-49(11)43/h12-16,25,27,29-30,32-35,44H,17-24,26H2,1-11H3,(H,45,53)(H,46,52)(H,47,51)/b28-25+/t29?,30?,32-,33?,34-,35-/m1/s1. The highest BCUT2D eigenvalue weighted by atomic mass is 127. The molecule has 0 radical (unpaired) electrons. The number of nitrogens with one attached hydrogen (secondary N) is 4. The van der Waals surface area contributed by atoms with Gasteiger partial charge in [-0.05, 0) is 68.9 Å². The third-order valence-electron chi connectivity index (χ3n) is 11.6. The number of carbonyl (C=O) groups excluding carboxylic acids is 5. The maximum Gasteiger partial charge on any atom is 0.260 e. The lowest BCUT2D eigenvalue weighted by Gasteiger charge is -2.40. The van der Waals surface area contributed by atoms with Gasteiger partial charge in [0.05, 0.1) is 23.1 Å². The lowest BCUT2D eigenvalue weighted by atomic mass is 9.76. The first-order valence-corrected chi connectivity index (χ1v) is 24.2. The maximum atomic E-state index is 14.2. The van der Waals surface area contributed by atoms with E-state index in [-0.39, 0.29) is 57.8 Å². The van der Waals surface area contributed by atoms with Crippen LogP contribution < -0.4 is 20.8 Å². The van der Waals surface area contributed by atoms with Gasteiger partial charge in [0, 0.05) is 72.7 Å². The highest BCUT2D eigenvalue weighted by molar-refractivity contribution is 14.1. The molecule has 1 aromatic carbocycles. The molecule has 1 saturated carbocycles. The second-order valence-corrected chi connectivity index (χ2v) is 22.6. The second kappa shape index (κ2) is 21.9. The quantitative estimate of drug-likeness (QED) is 0.0673. The summed E-state index contributed by atoms with van der Waals surface area (Å²) >= 11 is 3.31. The molecular weight excluding hydrogens is 906 g/mol. The summed E-state index contributed by atoms with van der Waals surface area (Å²) in [6.45, 7) is 16.2. The van der Waals surface area contributed by atoms with Gasteiger partial charge in [-0.2, -0.15) is 3.22 Å². The Morgan fingerprint density at radius 3 is 2.14 bits per heavy atom. The molecule has 5 amide bonds. The molecule has 59 heavy (non-hydrogen) atoms. The van der Waals surface area contributed by atoms with Gasteiger partial charge in [-0.25, -0.2) is 13.1 Å². The Bertz CT molecular complexity index is 1760. The number of benzene rings is 1. The molecule has 4 atom stereocenters. The van der Waals surface area contributed by atoms with Crippen molar-refractivity contribution in [1.29, 1.82) is 0 Å². The molecule has 1 aliphatic heterocycles. The zero-order valence-electron chi connectivity index (χ0n) is 36.8. The lowest BCUT2D eigenvalue weighted by Crippen LogP contribution is -2.61. The van der Waals surface area contributed by atoms with Crippen molar-refractivity contribution in [3.63, 3.8) is 0 Å². The average molecular weight is 974 g/mol. The molecule has 0 spiro atoms. The zero-order chi connectivity index (χ0) is 44.5. The molecule has 1 saturated heterocycles. The molecule has 4 N–H and O–H groups in total. The first-order chi connectivity index (χ1) is 27.4. The fourth-order valence-corrected chi connectivity index (χ4v) is 10.8. The fourth-order valence-electron chi connectivity index (χ4n) is 7.94. The largest absolute Gasteiger partial charge is 0.342 e. The molecule has 1 aromatic rings. The summed E-state index contributed by atoms with van der Waals surface area (Å²) in [5.74, 6) is -1.47. The van der Waals surface area contributed by atoms with Crippen molar-refractivity contribution in [3.05, 3.63) is 47.5 Å². The molecule has 0 bridgehead atoms. The van der Waals surface area contributed by atoms with Gasteiger partial charge in [0.2, 0.25) is 33.7 Å². The van der Waals surface area contributed by atoms with Crippen LogP contribution in [0.2, 0.25) is 0 Å². The van der Waals surface area contributed by atoms with Crippen LogP contribution in [0.25, 0.3) is 0 Å². The van der Waals surface area contributed by atoms with Crippen LogP contribution in [0.1, 0.15) is 93.1 Å². The number of nitrogens with zero attached hydrogens (tertiary/aromatic N) is 3. The van der Waals surface area contributed by atoms with Crippen LogP contribution in [0.15, 0.2) is 42.0 Å². The minimum absolute atomic E-state index is 0.00569. The molecule has 0 aromatic heterocycles. The monoisotopic (exact) mass is 973 g/mol. The lowest BCUT2D eigenvalue weighted by molar-refractivity contribution is -0.141. The van der Waals surface area contributed by atoms with Gasteiger partial charge in [0.15, 0.2) is 0 Å². The topological polar surface area (TPSA) is 177 Å². The van der Waals surface area contributed by atoms with E-state index in [4.69, 9.17) is 0 Å². The van der Waals surface area contributed by atoms with Crippen LogP contribution >= 0.6 is 34.6 Å². The molecule has 14 nitrogen and oxygen atoms in total. The van der Waals surface area contributed by atoms with Crippen molar-refractivity contribution in [2.24, 2.45) is 23.2 Å². The minimum atomic E-state index is -4.03. The van der Waals surface area contributed by atoms with Gasteiger partial charge in [0.1, 0.15) is 6.04 Å². The molecule has 17 heteroatoms. The van der Waals surface area contributed by atoms with Gasteiger partial charge < -0.3 is 20.4 Å². The van der Waals surface area contributed by atoms with E-state index in [1.807, 2.05) is 107 Å². The molecule has 1 unspecified atom stereocenters. The van der Waals surface area contributed by atoms with Crippen LogP contribution in [0.5, 0.6) is 0 Å². The number of hydrogen-bond donors (Lipinski definition) is 4. The Morgan fingerprint density at radius 1 is 0.983 bits per heavy atom. The molecule has 1 aliphatic carbocycles. The van der Waals surface area contributed by atoms with Gasteiger partial charge >= 0.3 is 0 Å². The van der Waals surface area contributed by atoms with Crippen LogP contribution in [0.3, 0.4) is 0 Å². The molecular formula is C42H68IN7O7S2. The average Bonchev–Trinajstić information content (AvgIpc) is 3.49. The van der Waals surface area contributed by atoms with E-state index in [2.05, 4.69) is 20.8 Å². The Morgan fingerprint density at radius 2 is 1.59 bits per heavy atom. The van der Waals surface area contributed by atoms with Crippen molar-refractivity contribution >= 4 is 74.2 Å². The number of carbonyl (C=O) groups is 5. The highest BCUT2D eigenvalue weighted by Crippen LogP contribution is 2.33. The van der Waals surface area contributed by atoms with Crippen LogP contribution in [0.4, 0.5) is 0 Å². The third-order valence-corrected chi connectivity index (χ3v) is 14.6. The number of sulfonamides is 1. The van der Waals surface area contributed by atoms with Crippen molar-refractivity contribution in [2.75, 3.05) is 45.7 Å². The summed E-state index contributed by atoms with van der Waals surface area (Å²) in [6.07, 6.45) is 5.55. The second-order valence-electron chi connectivity index (χ2n) is 18.0. The van der Waals surface area contributed by atoms with E-state index in [9.17, 15) is 32.4 Å². The number of thioether (sulfide) groups is 1. The summed E-state index contributed by atoms with van der Waals surface area (Å²) < 4.78 is 29.9. The van der Waals surface area contributed by atoms with Crippen LogP contribution in [-0.4, -0.2) is 120 Å². The molecule has 1 heterocycles. The Hall–Kier alpha value is -2.74. The van der Waals surface area contributed by atoms with E-state index in [1.54, 1.807) is 30.4 Å². The number of amides is 5. The fraction of sp³-hybridized carbons (Fsp3) is 0.690. The van der Waals surface area contributed by atoms with Crippen LogP contribution in [0, 0.1) is 23.2 Å². The first kappa shape index (κ1) is 50.6. The van der Waals surface area contributed by atoms with Crippen molar-refractivity contribution in [1.82, 2.24) is 33.8 Å². The van der Waals surface area contributed by atoms with Crippen LogP contribution in [-0.2, 0) is 39.4 Å². The molecule has 2 fully saturated rings. The van der Waals surface area contributed by atoms with Gasteiger partial charge in [-0.1, -0.05) is 84.9 Å². The molecule has 3 rings (SSSR count). The van der Waals surface area contributed by atoms with E-state index in [0.29, 0.717) is 25.4 Å². The smallest absolute Gasteiger partial charge is 0.260 e. The van der Waals surface area contributed by atoms with Gasteiger partial charge in [0.25, 0.3) is 5.91 Å². The number of hydrogen-bond acceptors (Lipinski definition) is 10. The summed E-state index contributed by atoms with van der Waals surface area (Å²) in [4.78, 5) is 70.3. The maximum absolute atomic E-state index is 14.2. The summed E-state index contributed by atoms with van der Waals surface area (Å²) in [5.41, 5.74) is 2.64. The Balaban J connectivity index is 1.58. The summed E-state index contributed by atoms with van der Waals surface area (Å²) in [7, 11) is 1.09. The predicted molar refractivity (Wildman–Crippen MR) is 244 cm³/mol. The first-order valence-electron chi connectivity index (χ1n) is 20.5. The number of rotatable bonds is 19. The number of likely N-dealkylation sites (tertiary alicyclic amines) is 1. The SMILES string of the molecule is CN[C@H](C(=O)N[C@H](C(=O)N(C)[C@H](/C=C(\C)C(=O)NS(=O)(=O)CCSC1CCN(CC2CCC(C(=O)NN(C)I)CC2)C1=O)C(C)C)C(C)(C)C)C(C)(C)c1ccccc1. The normalized spacial score (nSPS) is 20.9. The third kappa shape index (κ3) is 14.4. The van der Waals surface area contributed by atoms with Crippen molar-refractivity contribution in [3.8, 4) is 0 Å². The number of likely N-dealkylation sites (N-methyl/N-ethyl adjacent to an activating group) is 2. The van der Waals surface area contributed by atoms with Crippen molar-refractivity contribution < 1.29 is 32.4 Å². The van der Waals surface area contributed by atoms with Crippen molar-refractivity contribution in [2.45, 2.75) is 116 Å². The minimum Gasteiger partial charge on any atom is -0.342 e. The van der Waals surface area contributed by atoms with Gasteiger partial charge in [-0.3, -0.25) is 29.4 Å². The highest BCUT2D eigenvalue weighted by Gasteiger charge is 2.42. The zero-order valence-corrected chi connectivity index (χ0v) is 40.6. The number of hydrazine groups is 1. The van der Waals surface area contributed by atoms with E-state index in [1.165, 1.54) is 23.6 Å². The van der Waals surface area contributed by atoms with E-state index in [0.717, 1.165) is 31.2 Å². The van der Waals surface area contributed by atoms with E-state index >= 15 is 0 Å². The Labute approximate surface area is 371 Å². The number of halogens is 1. The van der Waals surface area contributed by atoms with E-state index < -0.39 is 44.9 Å². The van der Waals surface area contributed by atoms with Gasteiger partial charge in [-0.15, -0.1) is 11.8 Å². The summed E-state index contributed by atoms with van der Waals surface area (Å²) in [6, 6.07) is 7.55. The molecule has 2 aliphatic rings. The summed E-state index contributed by atoms with van der Waals surface area (Å²) in [5, 5.41) is 5.83. The molecule has 332 valence electrons. The Kier molecular flexibility index (Phi) is 18.8. The predicted octanol–water partition coefficient (Wildman–Crippen LogP) is 4.41.